The number of rotatable bonds is 3. The molecular weight excluding hydrogens is 202 g/mol. The Morgan fingerprint density at radius 2 is 2.36 bits per heavy atom. The van der Waals surface area contributed by atoms with Crippen molar-refractivity contribution in [1.82, 2.24) is 9.97 Å². The van der Waals surface area contributed by atoms with E-state index in [0.29, 0.717) is 11.0 Å². The predicted octanol–water partition coefficient (Wildman–Crippen LogP) is 1.72. The third-order valence-corrected chi connectivity index (χ3v) is 2.45. The first-order chi connectivity index (χ1) is 6.86. The zero-order valence-corrected chi connectivity index (χ0v) is 8.50. The maximum Gasteiger partial charge on any atom is 0.171 e. The lowest BCUT2D eigenvalue weighted by atomic mass is 10.2. The monoisotopic (exact) mass is 213 g/mol. The largest absolute Gasteiger partial charge is 0.376 e. The molecule has 5 heteroatoms. The number of halogens is 1. The van der Waals surface area contributed by atoms with Crippen LogP contribution in [-0.4, -0.2) is 29.2 Å². The number of anilines is 1. The summed E-state index contributed by atoms with van der Waals surface area (Å²) in [6, 6.07) is 0. The van der Waals surface area contributed by atoms with Crippen LogP contribution in [0.1, 0.15) is 12.8 Å². The summed E-state index contributed by atoms with van der Waals surface area (Å²) < 4.78 is 5.46. The first kappa shape index (κ1) is 9.68. The van der Waals surface area contributed by atoms with Crippen LogP contribution >= 0.6 is 11.6 Å². The Hall–Kier alpha value is -0.870. The fourth-order valence-corrected chi connectivity index (χ4v) is 1.63. The van der Waals surface area contributed by atoms with Crippen molar-refractivity contribution >= 4 is 17.4 Å². The maximum absolute atomic E-state index is 5.83. The van der Waals surface area contributed by atoms with Crippen molar-refractivity contribution in [2.45, 2.75) is 18.9 Å². The fourth-order valence-electron chi connectivity index (χ4n) is 1.46. The number of hydrogen-bond donors (Lipinski definition) is 1. The average molecular weight is 214 g/mol. The summed E-state index contributed by atoms with van der Waals surface area (Å²) in [5, 5.41) is 3.53. The third-order valence-electron chi connectivity index (χ3n) is 2.17. The smallest absolute Gasteiger partial charge is 0.171 e. The average Bonchev–Trinajstić information content (AvgIpc) is 2.69. The highest BCUT2D eigenvalue weighted by molar-refractivity contribution is 6.31. The zero-order valence-electron chi connectivity index (χ0n) is 7.74. The molecule has 1 aliphatic heterocycles. The minimum absolute atomic E-state index is 0.285. The molecule has 0 bridgehead atoms. The van der Waals surface area contributed by atoms with Crippen molar-refractivity contribution in [3.8, 4) is 0 Å². The third kappa shape index (κ3) is 2.33. The summed E-state index contributed by atoms with van der Waals surface area (Å²) in [6.45, 7) is 1.61. The molecule has 0 saturated carbocycles. The van der Waals surface area contributed by atoms with Gasteiger partial charge in [-0.1, -0.05) is 11.6 Å². The summed E-state index contributed by atoms with van der Waals surface area (Å²) in [5.41, 5.74) is 0. The molecule has 76 valence electrons. The van der Waals surface area contributed by atoms with Gasteiger partial charge in [0, 0.05) is 25.5 Å². The van der Waals surface area contributed by atoms with E-state index in [1.54, 1.807) is 12.4 Å². The second kappa shape index (κ2) is 4.57. The van der Waals surface area contributed by atoms with Crippen molar-refractivity contribution in [3.05, 3.63) is 17.5 Å². The van der Waals surface area contributed by atoms with Crippen LogP contribution in [0, 0.1) is 0 Å². The van der Waals surface area contributed by atoms with Crippen LogP contribution in [0.2, 0.25) is 5.15 Å². The highest BCUT2D eigenvalue weighted by atomic mass is 35.5. The molecule has 1 atom stereocenters. The number of nitrogens with zero attached hydrogens (tertiary/aromatic N) is 2. The minimum atomic E-state index is 0.285. The van der Waals surface area contributed by atoms with Crippen molar-refractivity contribution in [3.63, 3.8) is 0 Å². The highest BCUT2D eigenvalue weighted by Gasteiger charge is 2.15. The minimum Gasteiger partial charge on any atom is -0.376 e. The Morgan fingerprint density at radius 3 is 3.07 bits per heavy atom. The predicted molar refractivity (Wildman–Crippen MR) is 54.5 cm³/mol. The maximum atomic E-state index is 5.83. The summed E-state index contributed by atoms with van der Waals surface area (Å²) in [4.78, 5) is 8.00. The van der Waals surface area contributed by atoms with Crippen LogP contribution in [0.3, 0.4) is 0 Å². The van der Waals surface area contributed by atoms with Gasteiger partial charge in [0.05, 0.1) is 6.10 Å². The number of aromatic nitrogens is 2. The van der Waals surface area contributed by atoms with E-state index in [1.807, 2.05) is 0 Å². The summed E-state index contributed by atoms with van der Waals surface area (Å²) in [5.74, 6) is 0.629. The number of nitrogens with one attached hydrogen (secondary N) is 1. The van der Waals surface area contributed by atoms with E-state index in [-0.39, 0.29) is 6.10 Å². The van der Waals surface area contributed by atoms with Crippen LogP contribution in [0.15, 0.2) is 12.4 Å². The highest BCUT2D eigenvalue weighted by Crippen LogP contribution is 2.16. The SMILES string of the molecule is Clc1nccnc1NC[C@H]1CCCO1. The van der Waals surface area contributed by atoms with Crippen molar-refractivity contribution in [1.29, 1.82) is 0 Å². The lowest BCUT2D eigenvalue weighted by Crippen LogP contribution is -2.19. The van der Waals surface area contributed by atoms with Crippen molar-refractivity contribution in [2.24, 2.45) is 0 Å². The molecule has 0 amide bonds. The molecule has 4 nitrogen and oxygen atoms in total. The second-order valence-electron chi connectivity index (χ2n) is 3.21. The van der Waals surface area contributed by atoms with Gasteiger partial charge in [-0.05, 0) is 12.8 Å². The van der Waals surface area contributed by atoms with E-state index in [9.17, 15) is 0 Å². The second-order valence-corrected chi connectivity index (χ2v) is 3.57. The molecule has 2 rings (SSSR count). The first-order valence-electron chi connectivity index (χ1n) is 4.68. The van der Waals surface area contributed by atoms with E-state index >= 15 is 0 Å². The van der Waals surface area contributed by atoms with E-state index in [0.717, 1.165) is 26.0 Å². The molecule has 1 fully saturated rings. The summed E-state index contributed by atoms with van der Waals surface area (Å²) in [6.07, 6.45) is 5.71. The van der Waals surface area contributed by atoms with Crippen LogP contribution < -0.4 is 5.32 Å². The van der Waals surface area contributed by atoms with Crippen LogP contribution in [0.5, 0.6) is 0 Å². The lowest BCUT2D eigenvalue weighted by molar-refractivity contribution is 0.120. The van der Waals surface area contributed by atoms with Gasteiger partial charge in [-0.15, -0.1) is 0 Å². The van der Waals surface area contributed by atoms with Gasteiger partial charge >= 0.3 is 0 Å². The molecule has 1 saturated heterocycles. The molecule has 0 unspecified atom stereocenters. The zero-order chi connectivity index (χ0) is 9.80. The van der Waals surface area contributed by atoms with Crippen LogP contribution in [0.4, 0.5) is 5.82 Å². The van der Waals surface area contributed by atoms with Gasteiger partial charge in [0.15, 0.2) is 11.0 Å². The molecule has 1 aromatic heterocycles. The Morgan fingerprint density at radius 1 is 1.50 bits per heavy atom. The molecule has 0 radical (unpaired) electrons. The standard InChI is InChI=1S/C9H12ClN3O/c10-8-9(12-4-3-11-8)13-6-7-2-1-5-14-7/h3-4,7H,1-2,5-6H2,(H,12,13)/t7-/m1/s1. The quantitative estimate of drug-likeness (QED) is 0.831. The van der Waals surface area contributed by atoms with E-state index < -0.39 is 0 Å². The Labute approximate surface area is 87.7 Å². The molecule has 0 aromatic carbocycles. The van der Waals surface area contributed by atoms with Crippen molar-refractivity contribution in [2.75, 3.05) is 18.5 Å². The topological polar surface area (TPSA) is 47.0 Å². The van der Waals surface area contributed by atoms with Gasteiger partial charge in [-0.25, -0.2) is 9.97 Å². The Kier molecular flexibility index (Phi) is 3.16. The van der Waals surface area contributed by atoms with Crippen molar-refractivity contribution < 1.29 is 4.74 Å². The molecule has 1 aliphatic rings. The van der Waals surface area contributed by atoms with E-state index in [4.69, 9.17) is 16.3 Å². The molecule has 0 spiro atoms. The molecule has 2 heterocycles. The van der Waals surface area contributed by atoms with Gasteiger partial charge in [-0.3, -0.25) is 0 Å². The molecule has 1 aromatic rings. The fraction of sp³-hybridized carbons (Fsp3) is 0.556. The first-order valence-corrected chi connectivity index (χ1v) is 5.06. The normalized spacial score (nSPS) is 21.1. The van der Waals surface area contributed by atoms with E-state index in [1.165, 1.54) is 0 Å². The van der Waals surface area contributed by atoms with Gasteiger partial charge in [0.25, 0.3) is 0 Å². The van der Waals surface area contributed by atoms with Crippen LogP contribution in [0.25, 0.3) is 0 Å². The lowest BCUT2D eigenvalue weighted by Gasteiger charge is -2.11. The van der Waals surface area contributed by atoms with Gasteiger partial charge in [-0.2, -0.15) is 0 Å². The molecule has 0 aliphatic carbocycles. The van der Waals surface area contributed by atoms with Gasteiger partial charge in [0.2, 0.25) is 0 Å². The van der Waals surface area contributed by atoms with Crippen LogP contribution in [-0.2, 0) is 4.74 Å². The Bertz CT molecular complexity index is 302. The molecule has 14 heavy (non-hydrogen) atoms. The van der Waals surface area contributed by atoms with E-state index in [2.05, 4.69) is 15.3 Å². The van der Waals surface area contributed by atoms with Gasteiger partial charge < -0.3 is 10.1 Å². The number of ether oxygens (including phenoxy) is 1. The molecule has 1 N–H and O–H groups in total. The number of hydrogen-bond acceptors (Lipinski definition) is 4. The Balaban J connectivity index is 1.88. The molecular formula is C9H12ClN3O. The van der Waals surface area contributed by atoms with Gasteiger partial charge in [0.1, 0.15) is 0 Å². The summed E-state index contributed by atoms with van der Waals surface area (Å²) in [7, 11) is 0. The summed E-state index contributed by atoms with van der Waals surface area (Å²) >= 11 is 5.83.